The van der Waals surface area contributed by atoms with Crippen LogP contribution in [0.15, 0.2) is 42.4 Å². The topological polar surface area (TPSA) is 46.5 Å². The van der Waals surface area contributed by atoms with Crippen molar-refractivity contribution in [1.29, 1.82) is 0 Å². The van der Waals surface area contributed by atoms with Gasteiger partial charge in [0, 0.05) is 6.08 Å². The van der Waals surface area contributed by atoms with Gasteiger partial charge in [0.1, 0.15) is 0 Å². The van der Waals surface area contributed by atoms with E-state index >= 15 is 0 Å². The van der Waals surface area contributed by atoms with Crippen LogP contribution in [0.1, 0.15) is 5.56 Å². The first-order valence-electron chi connectivity index (χ1n) is 4.42. The monoisotopic (exact) mass is 190 g/mol. The van der Waals surface area contributed by atoms with E-state index in [0.29, 0.717) is 6.42 Å². The maximum absolute atomic E-state index is 11.2. The van der Waals surface area contributed by atoms with Crippen molar-refractivity contribution in [2.24, 2.45) is 5.92 Å². The molecule has 0 bridgehead atoms. The zero-order chi connectivity index (χ0) is 9.97. The number of benzene rings is 1. The molecule has 0 aromatic heterocycles. The predicted octanol–water partition coefficient (Wildman–Crippen LogP) is 1.80. The molecule has 1 aromatic rings. The van der Waals surface area contributed by atoms with Gasteiger partial charge in [0.05, 0.1) is 5.92 Å². The number of aliphatic hydroxyl groups is 1. The zero-order valence-corrected chi connectivity index (χ0v) is 7.51. The second-order valence-corrected chi connectivity index (χ2v) is 3.22. The second kappa shape index (κ2) is 3.54. The molecule has 3 heteroatoms. The minimum absolute atomic E-state index is 0.282. The van der Waals surface area contributed by atoms with Gasteiger partial charge in [-0.3, -0.25) is 4.79 Å². The molecule has 3 nitrogen and oxygen atoms in total. The Balaban J connectivity index is 2.09. The van der Waals surface area contributed by atoms with Crippen LogP contribution in [-0.4, -0.2) is 11.1 Å². The van der Waals surface area contributed by atoms with Gasteiger partial charge in [0.25, 0.3) is 5.95 Å². The van der Waals surface area contributed by atoms with E-state index in [-0.39, 0.29) is 17.8 Å². The third kappa shape index (κ3) is 1.76. The Kier molecular flexibility index (Phi) is 2.23. The minimum atomic E-state index is -0.383. The molecule has 0 saturated carbocycles. The maximum atomic E-state index is 11.2. The fourth-order valence-electron chi connectivity index (χ4n) is 1.46. The maximum Gasteiger partial charge on any atom is 0.321 e. The Bertz CT molecular complexity index is 367. The van der Waals surface area contributed by atoms with Crippen molar-refractivity contribution in [2.75, 3.05) is 0 Å². The van der Waals surface area contributed by atoms with Gasteiger partial charge in [-0.05, 0) is 12.0 Å². The Hall–Kier alpha value is -1.77. The molecule has 1 atom stereocenters. The van der Waals surface area contributed by atoms with Crippen molar-refractivity contribution in [2.45, 2.75) is 6.42 Å². The number of ether oxygens (including phenoxy) is 1. The average molecular weight is 190 g/mol. The van der Waals surface area contributed by atoms with Crippen LogP contribution < -0.4 is 0 Å². The SMILES string of the molecule is O=C1OC(O)=CC1Cc1ccccc1. The second-order valence-electron chi connectivity index (χ2n) is 3.22. The summed E-state index contributed by atoms with van der Waals surface area (Å²) in [6, 6.07) is 9.63. The molecule has 1 N–H and O–H groups in total. The van der Waals surface area contributed by atoms with Gasteiger partial charge in [-0.15, -0.1) is 0 Å². The Morgan fingerprint density at radius 1 is 1.29 bits per heavy atom. The summed E-state index contributed by atoms with van der Waals surface area (Å²) >= 11 is 0. The van der Waals surface area contributed by atoms with E-state index in [0.717, 1.165) is 5.56 Å². The Labute approximate surface area is 81.6 Å². The molecule has 72 valence electrons. The van der Waals surface area contributed by atoms with Gasteiger partial charge >= 0.3 is 5.97 Å². The molecule has 0 aliphatic carbocycles. The number of hydrogen-bond donors (Lipinski definition) is 1. The first-order valence-corrected chi connectivity index (χ1v) is 4.42. The molecule has 1 aromatic carbocycles. The number of esters is 1. The number of carbonyl (C=O) groups is 1. The zero-order valence-electron chi connectivity index (χ0n) is 7.51. The van der Waals surface area contributed by atoms with E-state index in [1.54, 1.807) is 0 Å². The van der Waals surface area contributed by atoms with Crippen LogP contribution in [0, 0.1) is 5.92 Å². The molecule has 0 radical (unpaired) electrons. The van der Waals surface area contributed by atoms with E-state index in [4.69, 9.17) is 5.11 Å². The lowest BCUT2D eigenvalue weighted by molar-refractivity contribution is -0.142. The van der Waals surface area contributed by atoms with Crippen molar-refractivity contribution in [3.63, 3.8) is 0 Å². The summed E-state index contributed by atoms with van der Waals surface area (Å²) in [7, 11) is 0. The highest BCUT2D eigenvalue weighted by Crippen LogP contribution is 2.19. The van der Waals surface area contributed by atoms with Crippen LogP contribution >= 0.6 is 0 Å². The Morgan fingerprint density at radius 3 is 2.57 bits per heavy atom. The minimum Gasteiger partial charge on any atom is -0.481 e. The molecule has 1 aliphatic heterocycles. The highest BCUT2D eigenvalue weighted by molar-refractivity contribution is 5.78. The van der Waals surface area contributed by atoms with E-state index in [9.17, 15) is 4.79 Å². The van der Waals surface area contributed by atoms with Crippen LogP contribution in [-0.2, 0) is 16.0 Å². The first kappa shape index (κ1) is 8.81. The van der Waals surface area contributed by atoms with Crippen LogP contribution in [0.4, 0.5) is 0 Å². The van der Waals surface area contributed by atoms with Crippen molar-refractivity contribution in [3.8, 4) is 0 Å². The summed E-state index contributed by atoms with van der Waals surface area (Å²) in [6.45, 7) is 0. The standard InChI is InChI=1S/C11H10O3/c12-10-7-9(11(13)14-10)6-8-4-2-1-3-5-8/h1-5,7,9,12H,6H2. The lowest BCUT2D eigenvalue weighted by Gasteiger charge is -2.03. The van der Waals surface area contributed by atoms with Gasteiger partial charge < -0.3 is 9.84 Å². The summed E-state index contributed by atoms with van der Waals surface area (Å²) < 4.78 is 4.52. The normalized spacial score (nSPS) is 20.4. The Morgan fingerprint density at radius 2 is 2.00 bits per heavy atom. The van der Waals surface area contributed by atoms with Crippen molar-refractivity contribution in [3.05, 3.63) is 47.9 Å². The van der Waals surface area contributed by atoms with Crippen LogP contribution in [0.5, 0.6) is 0 Å². The molecule has 0 spiro atoms. The van der Waals surface area contributed by atoms with Crippen LogP contribution in [0.2, 0.25) is 0 Å². The molecule has 0 amide bonds. The van der Waals surface area contributed by atoms with Crippen molar-refractivity contribution < 1.29 is 14.6 Å². The fourth-order valence-corrected chi connectivity index (χ4v) is 1.46. The smallest absolute Gasteiger partial charge is 0.321 e. The van der Waals surface area contributed by atoms with Gasteiger partial charge in [-0.25, -0.2) is 0 Å². The van der Waals surface area contributed by atoms with E-state index in [1.165, 1.54) is 6.08 Å². The van der Waals surface area contributed by atoms with E-state index in [2.05, 4.69) is 4.74 Å². The molecular weight excluding hydrogens is 180 g/mol. The van der Waals surface area contributed by atoms with E-state index in [1.807, 2.05) is 30.3 Å². The van der Waals surface area contributed by atoms with Crippen molar-refractivity contribution >= 4 is 5.97 Å². The summed E-state index contributed by atoms with van der Waals surface area (Å²) in [5.41, 5.74) is 1.06. The molecule has 1 aliphatic rings. The highest BCUT2D eigenvalue weighted by atomic mass is 16.6. The van der Waals surface area contributed by atoms with Crippen LogP contribution in [0.25, 0.3) is 0 Å². The summed E-state index contributed by atoms with van der Waals surface area (Å²) in [5, 5.41) is 8.97. The number of aliphatic hydroxyl groups excluding tert-OH is 1. The highest BCUT2D eigenvalue weighted by Gasteiger charge is 2.26. The number of cyclic esters (lactones) is 1. The molecule has 2 rings (SSSR count). The van der Waals surface area contributed by atoms with E-state index < -0.39 is 0 Å². The number of carbonyl (C=O) groups excluding carboxylic acids is 1. The average Bonchev–Trinajstić information content (AvgIpc) is 2.47. The number of hydrogen-bond acceptors (Lipinski definition) is 3. The summed E-state index contributed by atoms with van der Waals surface area (Å²) in [6.07, 6.45) is 2.01. The van der Waals surface area contributed by atoms with Gasteiger partial charge in [-0.1, -0.05) is 30.3 Å². The van der Waals surface area contributed by atoms with Gasteiger partial charge in [-0.2, -0.15) is 0 Å². The van der Waals surface area contributed by atoms with Gasteiger partial charge in [0.15, 0.2) is 0 Å². The summed E-state index contributed by atoms with van der Waals surface area (Å²) in [4.78, 5) is 11.2. The van der Waals surface area contributed by atoms with Crippen molar-refractivity contribution in [1.82, 2.24) is 0 Å². The fraction of sp³-hybridized carbons (Fsp3) is 0.182. The van der Waals surface area contributed by atoms with Crippen LogP contribution in [0.3, 0.4) is 0 Å². The molecular formula is C11H10O3. The van der Waals surface area contributed by atoms with Gasteiger partial charge in [0.2, 0.25) is 0 Å². The quantitative estimate of drug-likeness (QED) is 0.723. The predicted molar refractivity (Wildman–Crippen MR) is 50.4 cm³/mol. The largest absolute Gasteiger partial charge is 0.481 e. The third-order valence-corrected chi connectivity index (χ3v) is 2.15. The number of rotatable bonds is 2. The molecule has 0 fully saturated rings. The lowest BCUT2D eigenvalue weighted by Crippen LogP contribution is -2.11. The lowest BCUT2D eigenvalue weighted by atomic mass is 10.0. The molecule has 0 saturated heterocycles. The third-order valence-electron chi connectivity index (χ3n) is 2.15. The molecule has 1 unspecified atom stereocenters. The summed E-state index contributed by atoms with van der Waals surface area (Å²) in [5.74, 6) is -1.01. The molecule has 1 heterocycles. The molecule has 14 heavy (non-hydrogen) atoms. The first-order chi connectivity index (χ1) is 6.75.